The lowest BCUT2D eigenvalue weighted by molar-refractivity contribution is -0.172. The van der Waals surface area contributed by atoms with Gasteiger partial charge in [-0.25, -0.2) is 0 Å². The molecular formula is C17H18O4S2. The van der Waals surface area contributed by atoms with E-state index in [1.165, 1.54) is 0 Å². The van der Waals surface area contributed by atoms with Crippen molar-refractivity contribution >= 4 is 34.6 Å². The number of carbonyl (C=O) groups is 2. The molecule has 1 aliphatic carbocycles. The first-order valence-corrected chi connectivity index (χ1v) is 9.46. The lowest BCUT2D eigenvalue weighted by Crippen LogP contribution is -2.45. The quantitative estimate of drug-likeness (QED) is 0.623. The molecule has 122 valence electrons. The summed E-state index contributed by atoms with van der Waals surface area (Å²) in [6, 6.07) is 0. The third kappa shape index (κ3) is 2.70. The first kappa shape index (κ1) is 16.2. The van der Waals surface area contributed by atoms with Crippen LogP contribution in [0.4, 0.5) is 0 Å². The van der Waals surface area contributed by atoms with Crippen molar-refractivity contribution in [1.82, 2.24) is 0 Å². The molecule has 0 aliphatic heterocycles. The lowest BCUT2D eigenvalue weighted by Gasteiger charge is -2.28. The lowest BCUT2D eigenvalue weighted by atomic mass is 9.78. The van der Waals surface area contributed by atoms with Gasteiger partial charge in [-0.2, -0.15) is 22.7 Å². The van der Waals surface area contributed by atoms with Gasteiger partial charge in [0.25, 0.3) is 0 Å². The first-order chi connectivity index (χ1) is 11.1. The van der Waals surface area contributed by atoms with Crippen molar-refractivity contribution in [2.75, 3.05) is 13.2 Å². The Labute approximate surface area is 143 Å². The molecule has 3 rings (SSSR count). The summed E-state index contributed by atoms with van der Waals surface area (Å²) in [5.74, 6) is -0.982. The van der Waals surface area contributed by atoms with Crippen LogP contribution in [-0.4, -0.2) is 25.2 Å². The number of thiophene rings is 2. The van der Waals surface area contributed by atoms with Gasteiger partial charge in [0.2, 0.25) is 0 Å². The van der Waals surface area contributed by atoms with Gasteiger partial charge in [-0.3, -0.25) is 9.59 Å². The highest BCUT2D eigenvalue weighted by Gasteiger charge is 2.51. The summed E-state index contributed by atoms with van der Waals surface area (Å²) in [5, 5.41) is 8.17. The van der Waals surface area contributed by atoms with Gasteiger partial charge in [0.15, 0.2) is 5.41 Å². The van der Waals surface area contributed by atoms with Gasteiger partial charge < -0.3 is 9.47 Å². The van der Waals surface area contributed by atoms with Crippen LogP contribution in [0, 0.1) is 5.41 Å². The molecule has 23 heavy (non-hydrogen) atoms. The first-order valence-electron chi connectivity index (χ1n) is 7.57. The summed E-state index contributed by atoms with van der Waals surface area (Å²) in [5.41, 5.74) is 2.94. The van der Waals surface area contributed by atoms with Crippen molar-refractivity contribution in [3.63, 3.8) is 0 Å². The molecule has 0 spiro atoms. The van der Waals surface area contributed by atoms with Gasteiger partial charge in [0, 0.05) is 12.8 Å². The highest BCUT2D eigenvalue weighted by molar-refractivity contribution is 7.09. The van der Waals surface area contributed by atoms with E-state index in [4.69, 9.17) is 9.47 Å². The largest absolute Gasteiger partial charge is 0.465 e. The number of hydrogen-bond acceptors (Lipinski definition) is 6. The van der Waals surface area contributed by atoms with Crippen molar-refractivity contribution in [1.29, 1.82) is 0 Å². The normalized spacial score (nSPS) is 15.2. The Morgan fingerprint density at radius 1 is 0.913 bits per heavy atom. The van der Waals surface area contributed by atoms with Crippen LogP contribution in [0.2, 0.25) is 0 Å². The Morgan fingerprint density at radius 3 is 1.74 bits per heavy atom. The minimum atomic E-state index is -1.30. The Morgan fingerprint density at radius 2 is 1.35 bits per heavy atom. The second-order valence-electron chi connectivity index (χ2n) is 5.50. The van der Waals surface area contributed by atoms with E-state index in [2.05, 4.69) is 10.8 Å². The Balaban J connectivity index is 2.14. The van der Waals surface area contributed by atoms with E-state index in [0.717, 1.165) is 22.3 Å². The predicted molar refractivity (Wildman–Crippen MR) is 90.7 cm³/mol. The fourth-order valence-electron chi connectivity index (χ4n) is 3.02. The number of esters is 2. The van der Waals surface area contributed by atoms with Crippen molar-refractivity contribution in [3.05, 3.63) is 32.6 Å². The zero-order valence-electron chi connectivity index (χ0n) is 13.1. The average Bonchev–Trinajstić information content (AvgIpc) is 3.13. The van der Waals surface area contributed by atoms with Crippen molar-refractivity contribution in [3.8, 4) is 11.1 Å². The van der Waals surface area contributed by atoms with Crippen LogP contribution in [0.5, 0.6) is 0 Å². The molecule has 6 heteroatoms. The third-order valence-electron chi connectivity index (χ3n) is 4.09. The summed E-state index contributed by atoms with van der Waals surface area (Å²) in [7, 11) is 0. The molecule has 0 bridgehead atoms. The van der Waals surface area contributed by atoms with Crippen LogP contribution in [0.15, 0.2) is 21.5 Å². The molecule has 0 amide bonds. The van der Waals surface area contributed by atoms with E-state index in [-0.39, 0.29) is 13.2 Å². The Hall–Kier alpha value is -1.66. The van der Waals surface area contributed by atoms with Crippen molar-refractivity contribution in [2.45, 2.75) is 26.7 Å². The van der Waals surface area contributed by atoms with Gasteiger partial charge in [-0.1, -0.05) is 0 Å². The van der Waals surface area contributed by atoms with Crippen molar-refractivity contribution < 1.29 is 19.1 Å². The number of hydrogen-bond donors (Lipinski definition) is 0. The molecule has 0 N–H and O–H groups in total. The standard InChI is InChI=1S/C17H18O4S2/c1-3-20-15(18)17(16(19)21-4-2)5-11-7-22-9-13(11)14-10-23-8-12(14)6-17/h7-10H,3-6H2,1-2H3. The molecule has 4 nitrogen and oxygen atoms in total. The zero-order chi connectivity index (χ0) is 16.4. The van der Waals surface area contributed by atoms with E-state index in [1.807, 2.05) is 10.8 Å². The van der Waals surface area contributed by atoms with Crippen LogP contribution >= 0.6 is 22.7 Å². The van der Waals surface area contributed by atoms with E-state index in [0.29, 0.717) is 12.8 Å². The molecule has 0 aromatic carbocycles. The summed E-state index contributed by atoms with van der Waals surface area (Å²) < 4.78 is 10.5. The molecule has 0 unspecified atom stereocenters. The predicted octanol–water partition coefficient (Wildman–Crippen LogP) is 3.69. The highest BCUT2D eigenvalue weighted by atomic mass is 32.1. The van der Waals surface area contributed by atoms with Crippen LogP contribution in [0.1, 0.15) is 25.0 Å². The molecule has 2 aromatic heterocycles. The average molecular weight is 350 g/mol. The van der Waals surface area contributed by atoms with Crippen molar-refractivity contribution in [2.24, 2.45) is 5.41 Å². The minimum absolute atomic E-state index is 0.243. The molecule has 0 fully saturated rings. The minimum Gasteiger partial charge on any atom is -0.465 e. The summed E-state index contributed by atoms with van der Waals surface area (Å²) in [6.45, 7) is 3.99. The maximum absolute atomic E-state index is 12.7. The Kier molecular flexibility index (Phi) is 4.55. The monoisotopic (exact) mass is 350 g/mol. The van der Waals surface area contributed by atoms with Crippen LogP contribution in [0.3, 0.4) is 0 Å². The van der Waals surface area contributed by atoms with Crippen LogP contribution < -0.4 is 0 Å². The molecule has 0 saturated heterocycles. The number of fused-ring (bicyclic) bond motifs is 3. The topological polar surface area (TPSA) is 52.6 Å². The fourth-order valence-corrected chi connectivity index (χ4v) is 4.73. The van der Waals surface area contributed by atoms with E-state index >= 15 is 0 Å². The van der Waals surface area contributed by atoms with E-state index in [1.54, 1.807) is 36.5 Å². The molecule has 2 aromatic rings. The summed E-state index contributed by atoms with van der Waals surface area (Å²) in [6.07, 6.45) is 0.645. The van der Waals surface area contributed by atoms with Crippen LogP contribution in [-0.2, 0) is 31.9 Å². The SMILES string of the molecule is CCOC(=O)C1(C(=O)OCC)Cc2cscc2-c2cscc2C1. The van der Waals surface area contributed by atoms with Gasteiger partial charge in [-0.05, 0) is 57.6 Å². The van der Waals surface area contributed by atoms with Gasteiger partial charge >= 0.3 is 11.9 Å². The molecule has 0 radical (unpaired) electrons. The molecule has 0 saturated carbocycles. The second kappa shape index (κ2) is 6.45. The molecular weight excluding hydrogens is 332 g/mol. The fraction of sp³-hybridized carbons (Fsp3) is 0.412. The second-order valence-corrected chi connectivity index (χ2v) is 6.99. The van der Waals surface area contributed by atoms with Crippen LogP contribution in [0.25, 0.3) is 11.1 Å². The van der Waals surface area contributed by atoms with Gasteiger partial charge in [0.1, 0.15) is 0 Å². The number of ether oxygens (including phenoxy) is 2. The Bertz CT molecular complexity index is 666. The summed E-state index contributed by atoms with van der Waals surface area (Å²) in [4.78, 5) is 25.5. The molecule has 0 atom stereocenters. The van der Waals surface area contributed by atoms with Gasteiger partial charge in [-0.15, -0.1) is 0 Å². The van der Waals surface area contributed by atoms with Gasteiger partial charge in [0.05, 0.1) is 13.2 Å². The number of carbonyl (C=O) groups excluding carboxylic acids is 2. The van der Waals surface area contributed by atoms with E-state index in [9.17, 15) is 9.59 Å². The molecule has 2 heterocycles. The zero-order valence-corrected chi connectivity index (χ0v) is 14.7. The maximum Gasteiger partial charge on any atom is 0.324 e. The highest BCUT2D eigenvalue weighted by Crippen LogP contribution is 2.44. The smallest absolute Gasteiger partial charge is 0.324 e. The van der Waals surface area contributed by atoms with E-state index < -0.39 is 17.4 Å². The third-order valence-corrected chi connectivity index (χ3v) is 5.68. The number of rotatable bonds is 4. The molecule has 1 aliphatic rings. The summed E-state index contributed by atoms with van der Waals surface area (Å²) >= 11 is 3.17. The maximum atomic E-state index is 12.7.